The van der Waals surface area contributed by atoms with Gasteiger partial charge in [0.05, 0.1) is 11.4 Å². The van der Waals surface area contributed by atoms with Crippen LogP contribution in [-0.4, -0.2) is 6.61 Å². The molecule has 0 aliphatic rings. The highest BCUT2D eigenvalue weighted by molar-refractivity contribution is 9.09. The number of hydrogen-bond donors (Lipinski definition) is 0. The van der Waals surface area contributed by atoms with Gasteiger partial charge < -0.3 is 4.74 Å². The van der Waals surface area contributed by atoms with Crippen LogP contribution in [0.15, 0.2) is 42.5 Å². The molecule has 0 radical (unpaired) electrons. The van der Waals surface area contributed by atoms with Crippen LogP contribution in [0.2, 0.25) is 0 Å². The van der Waals surface area contributed by atoms with Gasteiger partial charge in [0, 0.05) is 5.56 Å². The first kappa shape index (κ1) is 15.1. The summed E-state index contributed by atoms with van der Waals surface area (Å²) in [6, 6.07) is 15.1. The highest BCUT2D eigenvalue weighted by atomic mass is 79.9. The van der Waals surface area contributed by atoms with E-state index in [9.17, 15) is 0 Å². The van der Waals surface area contributed by atoms with E-state index in [4.69, 9.17) is 4.74 Å². The van der Waals surface area contributed by atoms with Crippen LogP contribution < -0.4 is 4.74 Å². The Kier molecular flexibility index (Phi) is 5.24. The third-order valence-corrected chi connectivity index (χ3v) is 4.44. The number of halogens is 1. The van der Waals surface area contributed by atoms with Gasteiger partial charge in [-0.2, -0.15) is 0 Å². The molecule has 0 saturated carbocycles. The number of rotatable bonds is 5. The molecule has 0 spiro atoms. The summed E-state index contributed by atoms with van der Waals surface area (Å²) in [7, 11) is 0. The molecule has 0 N–H and O–H groups in total. The van der Waals surface area contributed by atoms with Crippen molar-refractivity contribution in [1.29, 1.82) is 0 Å². The molecule has 0 bridgehead atoms. The normalized spacial score (nSPS) is 12.2. The van der Waals surface area contributed by atoms with Crippen LogP contribution in [0.25, 0.3) is 0 Å². The third kappa shape index (κ3) is 3.43. The van der Waals surface area contributed by atoms with Gasteiger partial charge in [0.2, 0.25) is 0 Å². The quantitative estimate of drug-likeness (QED) is 0.662. The summed E-state index contributed by atoms with van der Waals surface area (Å²) >= 11 is 3.82. The standard InChI is InChI=1S/C18H21BrO/c1-4-14-7-9-15(10-8-14)18(19)16-12-13(3)6-11-17(16)20-5-2/h6-12,18H,4-5H2,1-3H3. The second-order valence-electron chi connectivity index (χ2n) is 4.93. The third-order valence-electron chi connectivity index (χ3n) is 3.42. The maximum atomic E-state index is 5.75. The number of hydrogen-bond acceptors (Lipinski definition) is 1. The Bertz CT molecular complexity index is 560. The number of aryl methyl sites for hydroxylation is 2. The van der Waals surface area contributed by atoms with Crippen molar-refractivity contribution in [2.24, 2.45) is 0 Å². The maximum Gasteiger partial charge on any atom is 0.123 e. The SMILES string of the molecule is CCOc1ccc(C)cc1C(Br)c1ccc(CC)cc1. The van der Waals surface area contributed by atoms with Crippen molar-refractivity contribution >= 4 is 15.9 Å². The van der Waals surface area contributed by atoms with E-state index in [0.29, 0.717) is 6.61 Å². The summed E-state index contributed by atoms with van der Waals surface area (Å²) in [6.45, 7) is 6.99. The lowest BCUT2D eigenvalue weighted by atomic mass is 10.0. The van der Waals surface area contributed by atoms with Crippen molar-refractivity contribution in [2.45, 2.75) is 32.0 Å². The van der Waals surface area contributed by atoms with E-state index in [-0.39, 0.29) is 4.83 Å². The second kappa shape index (κ2) is 6.94. The zero-order valence-corrected chi connectivity index (χ0v) is 13.9. The van der Waals surface area contributed by atoms with E-state index in [1.165, 1.54) is 22.3 Å². The van der Waals surface area contributed by atoms with Crippen molar-refractivity contribution in [3.8, 4) is 5.75 Å². The summed E-state index contributed by atoms with van der Waals surface area (Å²) in [5.41, 5.74) is 5.06. The topological polar surface area (TPSA) is 9.23 Å². The van der Waals surface area contributed by atoms with Gasteiger partial charge in [0.15, 0.2) is 0 Å². The number of alkyl halides is 1. The Morgan fingerprint density at radius 3 is 2.35 bits per heavy atom. The average Bonchev–Trinajstić information content (AvgIpc) is 2.48. The van der Waals surface area contributed by atoms with E-state index in [2.05, 4.69) is 72.2 Å². The molecule has 2 rings (SSSR count). The molecular weight excluding hydrogens is 312 g/mol. The van der Waals surface area contributed by atoms with E-state index >= 15 is 0 Å². The van der Waals surface area contributed by atoms with Crippen LogP contribution in [0.5, 0.6) is 5.75 Å². The van der Waals surface area contributed by atoms with Crippen molar-refractivity contribution in [1.82, 2.24) is 0 Å². The van der Waals surface area contributed by atoms with Gasteiger partial charge in [-0.1, -0.05) is 64.8 Å². The first-order valence-electron chi connectivity index (χ1n) is 7.12. The van der Waals surface area contributed by atoms with Crippen LogP contribution in [0.3, 0.4) is 0 Å². The van der Waals surface area contributed by atoms with Gasteiger partial charge in [-0.15, -0.1) is 0 Å². The van der Waals surface area contributed by atoms with Crippen LogP contribution >= 0.6 is 15.9 Å². The molecule has 0 fully saturated rings. The lowest BCUT2D eigenvalue weighted by Crippen LogP contribution is -2.00. The summed E-state index contributed by atoms with van der Waals surface area (Å²) < 4.78 is 5.75. The van der Waals surface area contributed by atoms with Crippen LogP contribution in [0.4, 0.5) is 0 Å². The van der Waals surface area contributed by atoms with Gasteiger partial charge in [0.25, 0.3) is 0 Å². The summed E-state index contributed by atoms with van der Waals surface area (Å²) in [6.07, 6.45) is 1.07. The van der Waals surface area contributed by atoms with Gasteiger partial charge in [-0.05, 0) is 37.5 Å². The van der Waals surface area contributed by atoms with Crippen molar-refractivity contribution in [2.75, 3.05) is 6.61 Å². The van der Waals surface area contributed by atoms with Gasteiger partial charge in [-0.3, -0.25) is 0 Å². The Balaban J connectivity index is 2.35. The molecule has 20 heavy (non-hydrogen) atoms. The first-order valence-corrected chi connectivity index (χ1v) is 8.03. The van der Waals surface area contributed by atoms with Crippen molar-refractivity contribution in [3.63, 3.8) is 0 Å². The lowest BCUT2D eigenvalue weighted by molar-refractivity contribution is 0.337. The average molecular weight is 333 g/mol. The second-order valence-corrected chi connectivity index (χ2v) is 5.85. The van der Waals surface area contributed by atoms with Gasteiger partial charge >= 0.3 is 0 Å². The minimum atomic E-state index is 0.162. The van der Waals surface area contributed by atoms with E-state index in [0.717, 1.165) is 12.2 Å². The molecule has 0 amide bonds. The predicted octanol–water partition coefficient (Wildman–Crippen LogP) is 5.44. The highest BCUT2D eigenvalue weighted by Crippen LogP contribution is 2.37. The van der Waals surface area contributed by atoms with Gasteiger partial charge in [0.1, 0.15) is 5.75 Å². The maximum absolute atomic E-state index is 5.75. The molecular formula is C18H21BrO. The summed E-state index contributed by atoms with van der Waals surface area (Å²) in [5.74, 6) is 0.958. The monoisotopic (exact) mass is 332 g/mol. The summed E-state index contributed by atoms with van der Waals surface area (Å²) in [5, 5.41) is 0. The fourth-order valence-corrected chi connectivity index (χ4v) is 2.92. The van der Waals surface area contributed by atoms with E-state index in [1.807, 2.05) is 6.92 Å². The molecule has 0 heterocycles. The number of ether oxygens (including phenoxy) is 1. The Hall–Kier alpha value is -1.28. The van der Waals surface area contributed by atoms with Crippen LogP contribution in [0, 0.1) is 6.92 Å². The minimum absolute atomic E-state index is 0.162. The number of benzene rings is 2. The highest BCUT2D eigenvalue weighted by Gasteiger charge is 2.15. The molecule has 2 aromatic carbocycles. The summed E-state index contributed by atoms with van der Waals surface area (Å²) in [4.78, 5) is 0.162. The van der Waals surface area contributed by atoms with Crippen molar-refractivity contribution in [3.05, 3.63) is 64.7 Å². The molecule has 2 aromatic rings. The lowest BCUT2D eigenvalue weighted by Gasteiger charge is -2.17. The molecule has 106 valence electrons. The molecule has 1 nitrogen and oxygen atoms in total. The predicted molar refractivity (Wildman–Crippen MR) is 88.9 cm³/mol. The first-order chi connectivity index (χ1) is 9.65. The molecule has 0 aromatic heterocycles. The van der Waals surface area contributed by atoms with Crippen LogP contribution in [-0.2, 0) is 6.42 Å². The molecule has 0 aliphatic heterocycles. The minimum Gasteiger partial charge on any atom is -0.494 e. The molecule has 1 atom stereocenters. The van der Waals surface area contributed by atoms with Crippen LogP contribution in [0.1, 0.15) is 40.9 Å². The van der Waals surface area contributed by atoms with Crippen molar-refractivity contribution < 1.29 is 4.74 Å². The largest absolute Gasteiger partial charge is 0.494 e. The van der Waals surface area contributed by atoms with E-state index in [1.54, 1.807) is 0 Å². The fourth-order valence-electron chi connectivity index (χ4n) is 2.25. The zero-order valence-electron chi connectivity index (χ0n) is 12.3. The van der Waals surface area contributed by atoms with Gasteiger partial charge in [-0.25, -0.2) is 0 Å². The van der Waals surface area contributed by atoms with E-state index < -0.39 is 0 Å². The smallest absolute Gasteiger partial charge is 0.123 e. The molecule has 0 aliphatic carbocycles. The molecule has 2 heteroatoms. The molecule has 1 unspecified atom stereocenters. The fraction of sp³-hybridized carbons (Fsp3) is 0.333. The Morgan fingerprint density at radius 1 is 1.05 bits per heavy atom. The zero-order chi connectivity index (χ0) is 14.5. The molecule has 0 saturated heterocycles. The Morgan fingerprint density at radius 2 is 1.75 bits per heavy atom. The Labute approximate surface area is 130 Å².